The minimum Gasteiger partial charge on any atom is -0.465 e. The van der Waals surface area contributed by atoms with Crippen LogP contribution in [0.2, 0.25) is 0 Å². The molecule has 0 spiro atoms. The number of amides is 2. The van der Waals surface area contributed by atoms with Gasteiger partial charge in [0.05, 0.1) is 30.2 Å². The van der Waals surface area contributed by atoms with Crippen molar-refractivity contribution in [1.82, 2.24) is 5.32 Å². The Hall–Kier alpha value is -3.20. The monoisotopic (exact) mass is 418 g/mol. The van der Waals surface area contributed by atoms with E-state index in [1.807, 2.05) is 37.3 Å². The molecule has 8 nitrogen and oxygen atoms in total. The minimum atomic E-state index is -1.09. The van der Waals surface area contributed by atoms with Crippen molar-refractivity contribution < 1.29 is 28.7 Å². The van der Waals surface area contributed by atoms with Crippen LogP contribution < -0.4 is 10.6 Å². The number of methoxy groups -OCH3 is 1. The summed E-state index contributed by atoms with van der Waals surface area (Å²) < 4.78 is 9.41. The molecule has 0 aliphatic rings. The molecule has 1 atom stereocenters. The Morgan fingerprint density at radius 3 is 2.38 bits per heavy atom. The van der Waals surface area contributed by atoms with E-state index in [1.165, 1.54) is 7.11 Å². The number of rotatable bonds is 6. The summed E-state index contributed by atoms with van der Waals surface area (Å²) in [5.74, 6) is -3.26. The van der Waals surface area contributed by atoms with E-state index in [2.05, 4.69) is 15.4 Å². The van der Waals surface area contributed by atoms with Gasteiger partial charge in [-0.2, -0.15) is 0 Å². The fourth-order valence-electron chi connectivity index (χ4n) is 2.60. The number of ether oxygens (including phenoxy) is 2. The number of carbonyl (C=O) groups excluding carboxylic acids is 4. The zero-order valence-corrected chi connectivity index (χ0v) is 17.3. The highest BCUT2D eigenvalue weighted by atomic mass is 32.1. The van der Waals surface area contributed by atoms with Gasteiger partial charge in [0, 0.05) is 0 Å². The van der Waals surface area contributed by atoms with Crippen LogP contribution in [0.5, 0.6) is 0 Å². The zero-order valence-electron chi connectivity index (χ0n) is 16.5. The molecule has 0 unspecified atom stereocenters. The van der Waals surface area contributed by atoms with E-state index in [0.29, 0.717) is 5.56 Å². The Morgan fingerprint density at radius 1 is 1.14 bits per heavy atom. The molecule has 1 aromatic carbocycles. The van der Waals surface area contributed by atoms with Crippen molar-refractivity contribution in [2.24, 2.45) is 0 Å². The number of hydrogen-bond acceptors (Lipinski definition) is 7. The lowest BCUT2D eigenvalue weighted by Crippen LogP contribution is -2.26. The molecule has 0 aliphatic carbocycles. The summed E-state index contributed by atoms with van der Waals surface area (Å²) in [5, 5.41) is 5.24. The molecule has 2 rings (SSSR count). The summed E-state index contributed by atoms with van der Waals surface area (Å²) in [7, 11) is 1.19. The van der Waals surface area contributed by atoms with Crippen LogP contribution in [0.4, 0.5) is 5.00 Å². The number of benzene rings is 1. The highest BCUT2D eigenvalue weighted by Gasteiger charge is 2.28. The maximum absolute atomic E-state index is 12.8. The second-order valence-electron chi connectivity index (χ2n) is 6.03. The van der Waals surface area contributed by atoms with Gasteiger partial charge in [-0.1, -0.05) is 30.3 Å². The van der Waals surface area contributed by atoms with Crippen LogP contribution in [0.15, 0.2) is 30.3 Å². The summed E-state index contributed by atoms with van der Waals surface area (Å²) in [5.41, 5.74) is 1.28. The van der Waals surface area contributed by atoms with E-state index in [9.17, 15) is 19.2 Å². The average Bonchev–Trinajstić information content (AvgIpc) is 3.04. The average molecular weight is 418 g/mol. The third kappa shape index (κ3) is 5.20. The fraction of sp³-hybridized carbons (Fsp3) is 0.300. The second-order valence-corrected chi connectivity index (χ2v) is 7.05. The van der Waals surface area contributed by atoms with Gasteiger partial charge in [0.2, 0.25) is 0 Å². The number of hydrogen-bond donors (Lipinski definition) is 2. The molecule has 9 heteroatoms. The van der Waals surface area contributed by atoms with E-state index in [1.54, 1.807) is 13.8 Å². The Bertz CT molecular complexity index is 923. The molecular formula is C20H22N2O6S. The topological polar surface area (TPSA) is 111 Å². The van der Waals surface area contributed by atoms with Gasteiger partial charge in [0.1, 0.15) is 5.00 Å². The maximum Gasteiger partial charge on any atom is 0.397 e. The van der Waals surface area contributed by atoms with Crippen molar-refractivity contribution in [3.05, 3.63) is 51.9 Å². The molecular weight excluding hydrogens is 396 g/mol. The van der Waals surface area contributed by atoms with Gasteiger partial charge in [-0.05, 0) is 31.9 Å². The molecule has 154 valence electrons. The van der Waals surface area contributed by atoms with Crippen molar-refractivity contribution in [2.45, 2.75) is 26.8 Å². The van der Waals surface area contributed by atoms with E-state index >= 15 is 0 Å². The molecule has 2 N–H and O–H groups in total. The highest BCUT2D eigenvalue weighted by molar-refractivity contribution is 7.18. The van der Waals surface area contributed by atoms with Crippen molar-refractivity contribution in [3.8, 4) is 0 Å². The van der Waals surface area contributed by atoms with Crippen molar-refractivity contribution in [3.63, 3.8) is 0 Å². The quantitative estimate of drug-likeness (QED) is 0.551. The largest absolute Gasteiger partial charge is 0.465 e. The maximum atomic E-state index is 12.8. The first-order valence-corrected chi connectivity index (χ1v) is 9.67. The molecule has 0 bridgehead atoms. The highest BCUT2D eigenvalue weighted by Crippen LogP contribution is 2.34. The molecule has 0 radical (unpaired) electrons. The third-order valence-electron chi connectivity index (χ3n) is 4.08. The van der Waals surface area contributed by atoms with Crippen LogP contribution >= 0.6 is 11.3 Å². The van der Waals surface area contributed by atoms with Crippen LogP contribution in [0.3, 0.4) is 0 Å². The molecule has 0 fully saturated rings. The lowest BCUT2D eigenvalue weighted by Gasteiger charge is -2.14. The van der Waals surface area contributed by atoms with Gasteiger partial charge in [-0.15, -0.1) is 11.3 Å². The lowest BCUT2D eigenvalue weighted by molar-refractivity contribution is -0.152. The normalized spacial score (nSPS) is 11.3. The van der Waals surface area contributed by atoms with Crippen LogP contribution in [0, 0.1) is 6.92 Å². The second kappa shape index (κ2) is 9.83. The first kappa shape index (κ1) is 22.1. The molecule has 1 heterocycles. The van der Waals surface area contributed by atoms with Gasteiger partial charge in [-0.3, -0.25) is 9.59 Å². The van der Waals surface area contributed by atoms with Crippen LogP contribution in [0.1, 0.15) is 51.0 Å². The van der Waals surface area contributed by atoms with Crippen LogP contribution in [-0.4, -0.2) is 37.5 Å². The van der Waals surface area contributed by atoms with Gasteiger partial charge < -0.3 is 20.1 Å². The summed E-state index contributed by atoms with van der Waals surface area (Å²) in [6.45, 7) is 5.01. The predicted octanol–water partition coefficient (Wildman–Crippen LogP) is 2.84. The molecule has 2 amide bonds. The number of esters is 2. The molecule has 0 aliphatic heterocycles. The van der Waals surface area contributed by atoms with E-state index in [4.69, 9.17) is 4.74 Å². The fourth-order valence-corrected chi connectivity index (χ4v) is 3.70. The lowest BCUT2D eigenvalue weighted by atomic mass is 10.1. The van der Waals surface area contributed by atoms with E-state index < -0.39 is 23.8 Å². The van der Waals surface area contributed by atoms with Crippen molar-refractivity contribution in [2.75, 3.05) is 19.0 Å². The summed E-state index contributed by atoms with van der Waals surface area (Å²) >= 11 is 0.886. The third-order valence-corrected chi connectivity index (χ3v) is 5.28. The van der Waals surface area contributed by atoms with Gasteiger partial charge in [0.15, 0.2) is 0 Å². The molecule has 29 heavy (non-hydrogen) atoms. The number of anilines is 1. The first-order valence-electron chi connectivity index (χ1n) is 8.85. The predicted molar refractivity (Wildman–Crippen MR) is 108 cm³/mol. The van der Waals surface area contributed by atoms with Crippen molar-refractivity contribution in [1.29, 1.82) is 0 Å². The van der Waals surface area contributed by atoms with E-state index in [0.717, 1.165) is 16.9 Å². The molecule has 1 aromatic heterocycles. The summed E-state index contributed by atoms with van der Waals surface area (Å²) in [6, 6.07) is 9.11. The molecule has 0 saturated carbocycles. The Labute approximate surface area is 172 Å². The minimum absolute atomic E-state index is 0.0210. The standard InChI is InChI=1S/C20H22N2O6S/c1-5-28-20(26)17(24)22-18-14(19(25)27-4)11(2)15(29-18)16(23)21-12(3)13-9-7-6-8-10-13/h6-10,12H,5H2,1-4H3,(H,21,23)(H,22,24)/t12-/m1/s1. The van der Waals surface area contributed by atoms with E-state index in [-0.39, 0.29) is 28.1 Å². The molecule has 2 aromatic rings. The summed E-state index contributed by atoms with van der Waals surface area (Å²) in [6.07, 6.45) is 0. The van der Waals surface area contributed by atoms with Crippen LogP contribution in [-0.2, 0) is 19.1 Å². The van der Waals surface area contributed by atoms with Crippen LogP contribution in [0.25, 0.3) is 0 Å². The SMILES string of the molecule is CCOC(=O)C(=O)Nc1sc(C(=O)N[C@H](C)c2ccccc2)c(C)c1C(=O)OC. The smallest absolute Gasteiger partial charge is 0.397 e. The Kier molecular flexibility index (Phi) is 7.49. The van der Waals surface area contributed by atoms with Gasteiger partial charge in [0.25, 0.3) is 5.91 Å². The zero-order chi connectivity index (χ0) is 21.6. The first-order chi connectivity index (χ1) is 13.8. The van der Waals surface area contributed by atoms with Crippen molar-refractivity contribution >= 4 is 40.1 Å². The number of nitrogens with one attached hydrogen (secondary N) is 2. The van der Waals surface area contributed by atoms with Gasteiger partial charge in [-0.25, -0.2) is 9.59 Å². The Balaban J connectivity index is 2.31. The van der Waals surface area contributed by atoms with Gasteiger partial charge >= 0.3 is 17.8 Å². The molecule has 0 saturated heterocycles. The number of thiophene rings is 1. The Morgan fingerprint density at radius 2 is 1.79 bits per heavy atom. The summed E-state index contributed by atoms with van der Waals surface area (Å²) in [4.78, 5) is 48.8. The number of carbonyl (C=O) groups is 4.